The third-order valence-electron chi connectivity index (χ3n) is 10.5. The Kier molecular flexibility index (Phi) is 8.01. The molecule has 8 heteroatoms. The van der Waals surface area contributed by atoms with E-state index < -0.39 is 59.2 Å². The van der Waals surface area contributed by atoms with Gasteiger partial charge in [-0.1, -0.05) is 141 Å². The minimum atomic E-state index is -3.70. The number of aromatic nitrogens is 3. The van der Waals surface area contributed by atoms with E-state index in [1.54, 1.807) is 57.8 Å². The van der Waals surface area contributed by atoms with Gasteiger partial charge in [-0.15, -0.1) is 16.5 Å². The van der Waals surface area contributed by atoms with Crippen LogP contribution < -0.4 is 9.15 Å². The molecule has 0 saturated heterocycles. The minimum absolute atomic E-state index is 0. The zero-order valence-corrected chi connectivity index (χ0v) is 35.5. The Bertz CT molecular complexity index is 3330. The van der Waals surface area contributed by atoms with E-state index in [-0.39, 0.29) is 43.3 Å². The summed E-state index contributed by atoms with van der Waals surface area (Å²) in [6.07, 6.45) is 3.20. The van der Waals surface area contributed by atoms with Crippen LogP contribution in [0.15, 0.2) is 134 Å². The molecule has 5 aromatic carbocycles. The maximum Gasteiger partial charge on any atom is 2.00 e. The number of pyridine rings is 2. The van der Waals surface area contributed by atoms with Gasteiger partial charge in [0.25, 0.3) is 17.3 Å². The molecule has 0 unspecified atom stereocenters. The third kappa shape index (κ3) is 7.07. The van der Waals surface area contributed by atoms with Crippen LogP contribution in [0.25, 0.3) is 38.8 Å². The van der Waals surface area contributed by atoms with Crippen molar-refractivity contribution in [2.45, 2.75) is 65.1 Å². The van der Waals surface area contributed by atoms with Gasteiger partial charge in [0.15, 0.2) is 0 Å². The number of alkyl halides is 2. The van der Waals surface area contributed by atoms with Gasteiger partial charge in [0, 0.05) is 39.7 Å². The average Bonchev–Trinajstić information content (AvgIpc) is 3.81. The molecule has 0 fully saturated rings. The van der Waals surface area contributed by atoms with Gasteiger partial charge >= 0.3 is 27.1 Å². The van der Waals surface area contributed by atoms with E-state index in [4.69, 9.17) is 14.6 Å². The Labute approximate surface area is 368 Å². The maximum absolute atomic E-state index is 17.5. The van der Waals surface area contributed by atoms with E-state index in [2.05, 4.69) is 43.9 Å². The fourth-order valence-corrected chi connectivity index (χ4v) is 7.35. The van der Waals surface area contributed by atoms with Gasteiger partial charge < -0.3 is 4.57 Å². The Morgan fingerprint density at radius 2 is 1.37 bits per heavy atom. The van der Waals surface area contributed by atoms with Gasteiger partial charge in [-0.3, -0.25) is 4.98 Å². The second-order valence-corrected chi connectivity index (χ2v) is 16.5. The Hall–Kier alpha value is -5.87. The zero-order chi connectivity index (χ0) is 46.5. The van der Waals surface area contributed by atoms with E-state index in [1.165, 1.54) is 12.3 Å². The number of rotatable bonds is 6. The van der Waals surface area contributed by atoms with Crippen molar-refractivity contribution in [1.82, 2.24) is 23.7 Å². The molecule has 0 saturated carbocycles. The minimum Gasteiger partial charge on any atom is -0.331 e. The number of nitrogens with zero attached hydrogens (tertiary/aromatic N) is 5. The number of hydrogen-bond acceptors (Lipinski definition) is 2. The molecule has 0 bridgehead atoms. The van der Waals surface area contributed by atoms with Gasteiger partial charge in [-0.25, -0.2) is 4.98 Å². The van der Waals surface area contributed by atoms with Crippen LogP contribution in [0.1, 0.15) is 79.1 Å². The number of benzene rings is 5. The maximum atomic E-state index is 17.5. The Morgan fingerprint density at radius 1 is 0.712 bits per heavy atom. The van der Waals surface area contributed by atoms with Crippen LogP contribution in [0.3, 0.4) is 0 Å². The molecule has 8 aromatic rings. The van der Waals surface area contributed by atoms with Gasteiger partial charge in [0.1, 0.15) is 11.5 Å². The summed E-state index contributed by atoms with van der Waals surface area (Å²) >= 11 is 0. The van der Waals surface area contributed by atoms with Crippen molar-refractivity contribution in [2.75, 3.05) is 0 Å². The van der Waals surface area contributed by atoms with Crippen molar-refractivity contribution < 1.29 is 39.4 Å². The number of hydrogen-bond donors (Lipinski definition) is 0. The second-order valence-electron chi connectivity index (χ2n) is 16.5. The zero-order valence-electron chi connectivity index (χ0n) is 40.2. The largest absolute Gasteiger partial charge is 2.00 e. The summed E-state index contributed by atoms with van der Waals surface area (Å²) in [7, 11) is 0. The van der Waals surface area contributed by atoms with Crippen LogP contribution >= 0.6 is 0 Å². The number of halogens is 2. The summed E-state index contributed by atoms with van der Waals surface area (Å²) in [5.74, 6) is -3.13. The first-order valence-corrected chi connectivity index (χ1v) is 19.0. The molecule has 1 aliphatic heterocycles. The van der Waals surface area contributed by atoms with Gasteiger partial charge in [0.05, 0.1) is 11.0 Å². The molecule has 3 aromatic heterocycles. The van der Waals surface area contributed by atoms with Crippen molar-refractivity contribution in [3.05, 3.63) is 174 Å². The van der Waals surface area contributed by atoms with E-state index in [0.29, 0.717) is 39.3 Å². The van der Waals surface area contributed by atoms with Crippen LogP contribution in [-0.2, 0) is 37.8 Å². The normalized spacial score (nSPS) is 14.9. The van der Waals surface area contributed by atoms with Crippen molar-refractivity contribution >= 4 is 50.6 Å². The molecular weight excluding hydrogens is 916 g/mol. The molecule has 0 N–H and O–H groups in total. The summed E-state index contributed by atoms with van der Waals surface area (Å²) in [5.41, 5.74) is 2.30. The van der Waals surface area contributed by atoms with Crippen LogP contribution in [0.5, 0.6) is 0 Å². The first kappa shape index (κ1) is 32.0. The summed E-state index contributed by atoms with van der Waals surface area (Å²) in [4.78, 5) is 9.07. The third-order valence-corrected chi connectivity index (χ3v) is 10.5. The quantitative estimate of drug-likeness (QED) is 0.123. The molecule has 0 aliphatic carbocycles. The topological polar surface area (TPSA) is 36.7 Å². The van der Waals surface area contributed by atoms with Crippen LogP contribution in [0, 0.1) is 19.0 Å². The van der Waals surface area contributed by atoms with E-state index in [0.717, 1.165) is 16.5 Å². The Balaban J connectivity index is 0.00000592. The predicted molar refractivity (Wildman–Crippen MR) is 232 cm³/mol. The average molecular weight is 966 g/mol. The SMILES string of the molecule is [2H]c1c([2H])c(C([2H])([2H])[2H])c([2H])c([2H])c1-c1ccccc1[N+]1=C=[N+](c2[c-]c(C(F)(F)c3[c-]c4c(cn3)c3ccccc3n4-c3cc(C(C)(C)C)ccn3)cc(C(C)(C)C)c2)c2ccccc21.[Pt+2]. The predicted octanol–water partition coefficient (Wildman–Crippen LogP) is 12.7. The number of fused-ring (bicyclic) bond motifs is 4. The molecule has 0 radical (unpaired) electrons. The standard InChI is InChI=1S/C51H43F2N5.Pt/c1-33-20-22-34(23-21-33)39-14-8-10-16-42(39)57-32-56(44-18-12-13-19-45(44)57)38-27-36(50(5,6)7)26-37(28-38)51(52,53)47-30-46-41(31-55-47)40-15-9-11-17-43(40)58(46)48-29-35(24-25-54-48)49(2,3)4;/h8-27,29,31H,1-7H3;/q;+2/i1D3,20D,21D,22D,23D;. The molecule has 0 amide bonds. The van der Waals surface area contributed by atoms with E-state index in [9.17, 15) is 0 Å². The second kappa shape index (κ2) is 14.7. The van der Waals surface area contributed by atoms with Gasteiger partial charge in [-0.05, 0) is 63.8 Å². The first-order valence-electron chi connectivity index (χ1n) is 22.5. The van der Waals surface area contributed by atoms with Gasteiger partial charge in [-0.2, -0.15) is 20.9 Å². The van der Waals surface area contributed by atoms with Crippen LogP contribution in [0.4, 0.5) is 31.5 Å². The smallest absolute Gasteiger partial charge is 0.331 e. The number of para-hydroxylation sites is 4. The Morgan fingerprint density at radius 3 is 2.08 bits per heavy atom. The van der Waals surface area contributed by atoms with E-state index in [1.807, 2.05) is 73.9 Å². The van der Waals surface area contributed by atoms with Gasteiger partial charge in [0.2, 0.25) is 5.69 Å². The monoisotopic (exact) mass is 965 g/mol. The molecule has 9 rings (SSSR count). The fourth-order valence-electron chi connectivity index (χ4n) is 7.35. The summed E-state index contributed by atoms with van der Waals surface area (Å²) in [6.45, 7) is 9.24. The summed E-state index contributed by atoms with van der Waals surface area (Å²) in [6, 6.07) is 35.9. The van der Waals surface area contributed by atoms with Crippen molar-refractivity contribution in [3.8, 4) is 16.9 Å². The van der Waals surface area contributed by atoms with Crippen molar-refractivity contribution in [1.29, 1.82) is 0 Å². The molecule has 0 spiro atoms. The molecule has 4 heterocycles. The van der Waals surface area contributed by atoms with Crippen molar-refractivity contribution in [3.63, 3.8) is 0 Å². The van der Waals surface area contributed by atoms with Crippen molar-refractivity contribution in [2.24, 2.45) is 0 Å². The molecular formula is C51H43F2N5Pt+2. The fraction of sp³-hybridized carbons (Fsp3) is 0.196. The molecule has 5 nitrogen and oxygen atoms in total. The van der Waals surface area contributed by atoms with Crippen LogP contribution in [0.2, 0.25) is 0 Å². The molecule has 0 atom stereocenters. The summed E-state index contributed by atoms with van der Waals surface area (Å²) in [5, 5.41) is 1.47. The molecule has 1 aliphatic rings. The molecule has 59 heavy (non-hydrogen) atoms. The molecule has 294 valence electrons. The first-order chi connectivity index (χ1) is 30.6. The summed E-state index contributed by atoms with van der Waals surface area (Å²) < 4.78 is 98.8. The van der Waals surface area contributed by atoms with E-state index >= 15 is 8.78 Å². The van der Waals surface area contributed by atoms with Crippen LogP contribution in [-0.4, -0.2) is 20.5 Å².